The summed E-state index contributed by atoms with van der Waals surface area (Å²) in [7, 11) is -3.71. The minimum Gasteiger partial charge on any atom is -0.311 e. The van der Waals surface area contributed by atoms with Crippen molar-refractivity contribution in [1.29, 1.82) is 0 Å². The van der Waals surface area contributed by atoms with Crippen molar-refractivity contribution >= 4 is 27.3 Å². The third-order valence-corrected chi connectivity index (χ3v) is 6.82. The molecule has 2 heterocycles. The Bertz CT molecular complexity index is 1030. The van der Waals surface area contributed by atoms with Crippen molar-refractivity contribution < 1.29 is 13.2 Å². The summed E-state index contributed by atoms with van der Waals surface area (Å²) in [6.07, 6.45) is 1.66. The van der Waals surface area contributed by atoms with Gasteiger partial charge in [0.25, 0.3) is 10.0 Å². The first-order chi connectivity index (χ1) is 12.3. The fourth-order valence-electron chi connectivity index (χ4n) is 3.84. The maximum absolute atomic E-state index is 12.9. The zero-order valence-electron chi connectivity index (χ0n) is 15.2. The van der Waals surface area contributed by atoms with Crippen molar-refractivity contribution in [1.82, 2.24) is 0 Å². The quantitative estimate of drug-likeness (QED) is 0.899. The Morgan fingerprint density at radius 2 is 1.88 bits per heavy atom. The lowest BCUT2D eigenvalue weighted by atomic mass is 9.97. The molecule has 0 bridgehead atoms. The second-order valence-electron chi connectivity index (χ2n) is 7.24. The Morgan fingerprint density at radius 3 is 2.62 bits per heavy atom. The second-order valence-corrected chi connectivity index (χ2v) is 8.92. The molecule has 0 fully saturated rings. The fraction of sp³-hybridized carbons (Fsp3) is 0.350. The van der Waals surface area contributed by atoms with Crippen LogP contribution in [0.15, 0.2) is 35.2 Å². The topological polar surface area (TPSA) is 66.5 Å². The molecule has 6 heteroatoms. The predicted octanol–water partition coefficient (Wildman–Crippen LogP) is 3.50. The Kier molecular flexibility index (Phi) is 3.84. The fourth-order valence-corrected chi connectivity index (χ4v) is 4.97. The Morgan fingerprint density at radius 1 is 1.12 bits per heavy atom. The number of rotatable bonds is 3. The number of hydrogen-bond acceptors (Lipinski definition) is 3. The number of carbonyl (C=O) groups is 1. The molecule has 0 aromatic heterocycles. The molecule has 26 heavy (non-hydrogen) atoms. The average molecular weight is 370 g/mol. The molecule has 0 unspecified atom stereocenters. The van der Waals surface area contributed by atoms with Crippen molar-refractivity contribution in [2.24, 2.45) is 0 Å². The molecule has 0 saturated heterocycles. The van der Waals surface area contributed by atoms with E-state index < -0.39 is 10.0 Å². The van der Waals surface area contributed by atoms with E-state index in [1.807, 2.05) is 37.8 Å². The van der Waals surface area contributed by atoms with Crippen molar-refractivity contribution in [3.8, 4) is 0 Å². The molecule has 2 aromatic rings. The van der Waals surface area contributed by atoms with Gasteiger partial charge in [0.1, 0.15) is 0 Å². The van der Waals surface area contributed by atoms with E-state index in [0.29, 0.717) is 5.69 Å². The summed E-state index contributed by atoms with van der Waals surface area (Å²) >= 11 is 0. The molecule has 2 aromatic carbocycles. The van der Waals surface area contributed by atoms with Crippen LogP contribution in [0.4, 0.5) is 11.4 Å². The third-order valence-electron chi connectivity index (χ3n) is 5.46. The first-order valence-corrected chi connectivity index (χ1v) is 10.3. The predicted molar refractivity (Wildman–Crippen MR) is 102 cm³/mol. The van der Waals surface area contributed by atoms with Gasteiger partial charge in [0.15, 0.2) is 0 Å². The van der Waals surface area contributed by atoms with Crippen LogP contribution in [-0.2, 0) is 21.2 Å². The van der Waals surface area contributed by atoms with Crippen molar-refractivity contribution in [3.05, 3.63) is 52.6 Å². The van der Waals surface area contributed by atoms with E-state index in [1.165, 1.54) is 0 Å². The monoisotopic (exact) mass is 370 g/mol. The van der Waals surface area contributed by atoms with Crippen LogP contribution in [0.5, 0.6) is 0 Å². The number of nitrogens with zero attached hydrogens (tertiary/aromatic N) is 1. The van der Waals surface area contributed by atoms with Gasteiger partial charge in [-0.2, -0.15) is 0 Å². The van der Waals surface area contributed by atoms with E-state index in [0.717, 1.165) is 47.3 Å². The van der Waals surface area contributed by atoms with Crippen LogP contribution < -0.4 is 9.62 Å². The highest BCUT2D eigenvalue weighted by molar-refractivity contribution is 7.92. The molecular weight excluding hydrogens is 348 g/mol. The van der Waals surface area contributed by atoms with Gasteiger partial charge in [-0.25, -0.2) is 8.42 Å². The standard InChI is InChI=1S/C20H22N2O3S/c1-12-6-7-16(9-13(12)2)21-26(24,25)17-10-15-5-4-8-22-19(15)18(11-17)14(3)20(22)23/h6-7,9-11,14,21H,4-5,8H2,1-3H3/t14-/m0/s1. The number of benzene rings is 2. The molecule has 1 N–H and O–H groups in total. The molecular formula is C20H22N2O3S. The van der Waals surface area contributed by atoms with Crippen LogP contribution in [0.3, 0.4) is 0 Å². The number of anilines is 2. The molecule has 4 rings (SSSR count). The molecule has 5 nitrogen and oxygen atoms in total. The van der Waals surface area contributed by atoms with E-state index in [1.54, 1.807) is 18.2 Å². The summed E-state index contributed by atoms with van der Waals surface area (Å²) in [5, 5.41) is 0. The Labute approximate surface area is 154 Å². The summed E-state index contributed by atoms with van der Waals surface area (Å²) in [5.74, 6) is -0.226. The highest BCUT2D eigenvalue weighted by Gasteiger charge is 2.38. The van der Waals surface area contributed by atoms with E-state index in [4.69, 9.17) is 0 Å². The first-order valence-electron chi connectivity index (χ1n) is 8.86. The van der Waals surface area contributed by atoms with E-state index >= 15 is 0 Å². The van der Waals surface area contributed by atoms with Gasteiger partial charge in [0, 0.05) is 12.2 Å². The SMILES string of the molecule is Cc1ccc(NS(=O)(=O)c2cc3c4c(c2)[C@H](C)C(=O)N4CCC3)cc1C. The maximum atomic E-state index is 12.9. The minimum atomic E-state index is -3.71. The second kappa shape index (κ2) is 5.84. The molecule has 0 spiro atoms. The molecule has 1 atom stereocenters. The molecule has 0 radical (unpaired) electrons. The van der Waals surface area contributed by atoms with Crippen LogP contribution >= 0.6 is 0 Å². The van der Waals surface area contributed by atoms with E-state index in [2.05, 4.69) is 4.72 Å². The number of amides is 1. The van der Waals surface area contributed by atoms with Gasteiger partial charge in [0.05, 0.1) is 16.5 Å². The summed E-state index contributed by atoms with van der Waals surface area (Å²) < 4.78 is 28.6. The molecule has 0 saturated carbocycles. The number of nitrogens with one attached hydrogen (secondary N) is 1. The molecule has 1 amide bonds. The van der Waals surface area contributed by atoms with Crippen LogP contribution in [0, 0.1) is 13.8 Å². The average Bonchev–Trinajstić information content (AvgIpc) is 2.85. The van der Waals surface area contributed by atoms with Gasteiger partial charge in [-0.3, -0.25) is 9.52 Å². The zero-order valence-corrected chi connectivity index (χ0v) is 16.0. The van der Waals surface area contributed by atoms with Crippen LogP contribution in [-0.4, -0.2) is 20.9 Å². The normalized spacial score (nSPS) is 18.8. The van der Waals surface area contributed by atoms with Gasteiger partial charge < -0.3 is 4.90 Å². The highest BCUT2D eigenvalue weighted by Crippen LogP contribution is 2.44. The summed E-state index contributed by atoms with van der Waals surface area (Å²) in [5.41, 5.74) is 5.40. The highest BCUT2D eigenvalue weighted by atomic mass is 32.2. The molecule has 136 valence electrons. The lowest BCUT2D eigenvalue weighted by Gasteiger charge is -2.26. The number of sulfonamides is 1. The van der Waals surface area contributed by atoms with Gasteiger partial charge in [-0.05, 0) is 80.1 Å². The minimum absolute atomic E-state index is 0.0672. The number of hydrogen-bond donors (Lipinski definition) is 1. The van der Waals surface area contributed by atoms with Crippen LogP contribution in [0.1, 0.15) is 41.5 Å². The van der Waals surface area contributed by atoms with Crippen LogP contribution in [0.25, 0.3) is 0 Å². The van der Waals surface area contributed by atoms with Crippen molar-refractivity contribution in [3.63, 3.8) is 0 Å². The van der Waals surface area contributed by atoms with Crippen molar-refractivity contribution in [2.45, 2.75) is 44.4 Å². The summed E-state index contributed by atoms with van der Waals surface area (Å²) in [6, 6.07) is 8.89. The lowest BCUT2D eigenvalue weighted by molar-refractivity contribution is -0.119. The zero-order chi connectivity index (χ0) is 18.6. The first kappa shape index (κ1) is 17.1. The third kappa shape index (κ3) is 2.60. The van der Waals surface area contributed by atoms with Gasteiger partial charge in [-0.15, -0.1) is 0 Å². The smallest absolute Gasteiger partial charge is 0.261 e. The van der Waals surface area contributed by atoms with Crippen molar-refractivity contribution in [2.75, 3.05) is 16.2 Å². The number of aryl methyl sites for hydroxylation is 3. The lowest BCUT2D eigenvalue weighted by Crippen LogP contribution is -2.32. The molecule has 2 aliphatic rings. The Balaban J connectivity index is 1.76. The van der Waals surface area contributed by atoms with Gasteiger partial charge >= 0.3 is 0 Å². The summed E-state index contributed by atoms with van der Waals surface area (Å²) in [6.45, 7) is 6.51. The van der Waals surface area contributed by atoms with E-state index in [-0.39, 0.29) is 16.7 Å². The number of carbonyl (C=O) groups excluding carboxylic acids is 1. The molecule has 0 aliphatic carbocycles. The van der Waals surface area contributed by atoms with Crippen LogP contribution in [0.2, 0.25) is 0 Å². The van der Waals surface area contributed by atoms with Gasteiger partial charge in [-0.1, -0.05) is 6.07 Å². The summed E-state index contributed by atoms with van der Waals surface area (Å²) in [4.78, 5) is 14.5. The maximum Gasteiger partial charge on any atom is 0.261 e. The van der Waals surface area contributed by atoms with Gasteiger partial charge in [0.2, 0.25) is 5.91 Å². The molecule has 2 aliphatic heterocycles. The van der Waals surface area contributed by atoms with E-state index in [9.17, 15) is 13.2 Å². The largest absolute Gasteiger partial charge is 0.311 e. The Hall–Kier alpha value is -2.34.